The highest BCUT2D eigenvalue weighted by Crippen LogP contribution is 2.23. The van der Waals surface area contributed by atoms with Crippen molar-refractivity contribution >= 4 is 22.9 Å². The molecule has 0 aliphatic rings. The Morgan fingerprint density at radius 1 is 0.958 bits per heavy atom. The molecule has 0 radical (unpaired) electrons. The van der Waals surface area contributed by atoms with Crippen molar-refractivity contribution in [1.29, 1.82) is 0 Å². The molecule has 2 aromatic heterocycles. The molecule has 0 saturated carbocycles. The first-order chi connectivity index (χ1) is 11.8. The van der Waals surface area contributed by atoms with E-state index in [1.54, 1.807) is 16.1 Å². The fourth-order valence-electron chi connectivity index (χ4n) is 2.26. The van der Waals surface area contributed by atoms with E-state index in [2.05, 4.69) is 32.5 Å². The van der Waals surface area contributed by atoms with E-state index in [4.69, 9.17) is 11.6 Å². The van der Waals surface area contributed by atoms with Crippen LogP contribution in [0.3, 0.4) is 0 Å². The molecule has 0 amide bonds. The van der Waals surface area contributed by atoms with Gasteiger partial charge in [-0.3, -0.25) is 0 Å². The van der Waals surface area contributed by atoms with Gasteiger partial charge in [0.1, 0.15) is 11.6 Å². The maximum atomic E-state index is 5.90. The van der Waals surface area contributed by atoms with Crippen LogP contribution in [0.1, 0.15) is 5.69 Å². The van der Waals surface area contributed by atoms with Gasteiger partial charge < -0.3 is 0 Å². The normalized spacial score (nSPS) is 10.9. The van der Waals surface area contributed by atoms with Crippen molar-refractivity contribution in [3.8, 4) is 22.0 Å². The summed E-state index contributed by atoms with van der Waals surface area (Å²) in [5.74, 6) is 0.574. The average Bonchev–Trinajstić information content (AvgIpc) is 3.27. The first kappa shape index (κ1) is 15.0. The van der Waals surface area contributed by atoms with Crippen LogP contribution in [-0.4, -0.2) is 25.2 Å². The van der Waals surface area contributed by atoms with E-state index in [0.717, 1.165) is 21.8 Å². The van der Waals surface area contributed by atoms with E-state index in [0.29, 0.717) is 17.4 Å². The van der Waals surface area contributed by atoms with Crippen LogP contribution >= 0.6 is 22.9 Å². The number of rotatable bonds is 4. The molecule has 7 heteroatoms. The Balaban J connectivity index is 1.52. The molecule has 0 unspecified atom stereocenters. The minimum absolute atomic E-state index is 0.490. The molecule has 118 valence electrons. The number of tetrazole rings is 1. The lowest BCUT2D eigenvalue weighted by Crippen LogP contribution is -2.04. The van der Waals surface area contributed by atoms with E-state index in [-0.39, 0.29) is 0 Å². The minimum Gasteiger partial charge on any atom is -0.239 e. The molecule has 0 atom stereocenters. The van der Waals surface area contributed by atoms with Gasteiger partial charge in [0, 0.05) is 21.5 Å². The maximum absolute atomic E-state index is 5.90. The molecule has 0 N–H and O–H groups in total. The van der Waals surface area contributed by atoms with Gasteiger partial charge in [0.25, 0.3) is 0 Å². The van der Waals surface area contributed by atoms with Crippen LogP contribution < -0.4 is 0 Å². The van der Waals surface area contributed by atoms with E-state index < -0.39 is 0 Å². The lowest BCUT2D eigenvalue weighted by molar-refractivity contribution is 0.566. The lowest BCUT2D eigenvalue weighted by atomic mass is 10.2. The summed E-state index contributed by atoms with van der Waals surface area (Å²) in [6.45, 7) is 0.490. The van der Waals surface area contributed by atoms with Crippen molar-refractivity contribution < 1.29 is 0 Å². The summed E-state index contributed by atoms with van der Waals surface area (Å²) in [6, 6.07) is 17.5. The van der Waals surface area contributed by atoms with Gasteiger partial charge in [0.05, 0.1) is 5.69 Å². The summed E-state index contributed by atoms with van der Waals surface area (Å²) < 4.78 is 0. The molecule has 2 aromatic carbocycles. The highest BCUT2D eigenvalue weighted by Gasteiger charge is 2.09. The third kappa shape index (κ3) is 3.20. The van der Waals surface area contributed by atoms with Crippen molar-refractivity contribution in [3.63, 3.8) is 0 Å². The maximum Gasteiger partial charge on any atom is 0.204 e. The van der Waals surface area contributed by atoms with Gasteiger partial charge in [-0.25, -0.2) is 4.98 Å². The van der Waals surface area contributed by atoms with Gasteiger partial charge in [0.15, 0.2) is 0 Å². The Kier molecular flexibility index (Phi) is 4.06. The number of aromatic nitrogens is 5. The second-order valence-corrected chi connectivity index (χ2v) is 6.45. The lowest BCUT2D eigenvalue weighted by Gasteiger charge is -1.96. The molecular weight excluding hydrogens is 342 g/mol. The van der Waals surface area contributed by atoms with Gasteiger partial charge in [-0.2, -0.15) is 4.80 Å². The minimum atomic E-state index is 0.490. The van der Waals surface area contributed by atoms with E-state index in [1.165, 1.54) is 0 Å². The first-order valence-electron chi connectivity index (χ1n) is 7.31. The van der Waals surface area contributed by atoms with Crippen LogP contribution in [0.25, 0.3) is 22.0 Å². The zero-order valence-electron chi connectivity index (χ0n) is 12.5. The first-order valence-corrected chi connectivity index (χ1v) is 8.57. The Hall–Kier alpha value is -2.57. The molecule has 0 aliphatic heterocycles. The molecule has 0 saturated heterocycles. The molecule has 4 aromatic rings. The standard InChI is InChI=1S/C17H12ClN5S/c18-14-8-6-12(7-9-14)16-20-22-23(21-16)10-15-11-24-17(19-15)13-4-2-1-3-5-13/h1-9,11H,10H2. The van der Waals surface area contributed by atoms with Crippen molar-refractivity contribution in [3.05, 3.63) is 70.7 Å². The second-order valence-electron chi connectivity index (χ2n) is 5.16. The van der Waals surface area contributed by atoms with Crippen molar-refractivity contribution in [2.24, 2.45) is 0 Å². The summed E-state index contributed by atoms with van der Waals surface area (Å²) >= 11 is 7.51. The fourth-order valence-corrected chi connectivity index (χ4v) is 3.21. The van der Waals surface area contributed by atoms with Crippen LogP contribution in [0, 0.1) is 0 Å². The zero-order valence-corrected chi connectivity index (χ0v) is 14.1. The molecule has 0 bridgehead atoms. The predicted octanol–water partition coefficient (Wildman–Crippen LogP) is 4.17. The number of thiazole rings is 1. The van der Waals surface area contributed by atoms with Gasteiger partial charge in [0.2, 0.25) is 5.82 Å². The Morgan fingerprint density at radius 2 is 1.75 bits per heavy atom. The van der Waals surface area contributed by atoms with Crippen molar-refractivity contribution in [1.82, 2.24) is 25.2 Å². The topological polar surface area (TPSA) is 56.5 Å². The van der Waals surface area contributed by atoms with Gasteiger partial charge >= 0.3 is 0 Å². The van der Waals surface area contributed by atoms with Crippen LogP contribution in [0.5, 0.6) is 0 Å². The third-order valence-corrected chi connectivity index (χ3v) is 4.62. The largest absolute Gasteiger partial charge is 0.239 e. The summed E-state index contributed by atoms with van der Waals surface area (Å²) in [6.07, 6.45) is 0. The number of hydrogen-bond donors (Lipinski definition) is 0. The van der Waals surface area contributed by atoms with Crippen LogP contribution in [0.2, 0.25) is 5.02 Å². The second kappa shape index (κ2) is 6.51. The van der Waals surface area contributed by atoms with Gasteiger partial charge in [-0.15, -0.1) is 21.5 Å². The van der Waals surface area contributed by atoms with Crippen molar-refractivity contribution in [2.45, 2.75) is 6.54 Å². The quantitative estimate of drug-likeness (QED) is 0.552. The Bertz CT molecular complexity index is 947. The smallest absolute Gasteiger partial charge is 0.204 e. The molecule has 0 aliphatic carbocycles. The molecule has 24 heavy (non-hydrogen) atoms. The van der Waals surface area contributed by atoms with Crippen molar-refractivity contribution in [2.75, 3.05) is 0 Å². The monoisotopic (exact) mass is 353 g/mol. The van der Waals surface area contributed by atoms with Gasteiger partial charge in [-0.05, 0) is 29.5 Å². The third-order valence-electron chi connectivity index (χ3n) is 3.43. The highest BCUT2D eigenvalue weighted by atomic mass is 35.5. The number of nitrogens with zero attached hydrogens (tertiary/aromatic N) is 5. The van der Waals surface area contributed by atoms with Crippen LogP contribution in [-0.2, 0) is 6.54 Å². The predicted molar refractivity (Wildman–Crippen MR) is 94.9 cm³/mol. The Labute approximate surface area is 147 Å². The average molecular weight is 354 g/mol. The fraction of sp³-hybridized carbons (Fsp3) is 0.0588. The number of benzene rings is 2. The summed E-state index contributed by atoms with van der Waals surface area (Å²) in [5, 5.41) is 16.3. The molecule has 0 fully saturated rings. The van der Waals surface area contributed by atoms with Gasteiger partial charge in [-0.1, -0.05) is 41.9 Å². The SMILES string of the molecule is Clc1ccc(-c2nnn(Cc3csc(-c4ccccc4)n3)n2)cc1. The Morgan fingerprint density at radius 3 is 2.54 bits per heavy atom. The van der Waals surface area contributed by atoms with E-state index in [9.17, 15) is 0 Å². The summed E-state index contributed by atoms with van der Waals surface area (Å²) in [5.41, 5.74) is 2.91. The summed E-state index contributed by atoms with van der Waals surface area (Å²) in [7, 11) is 0. The summed E-state index contributed by atoms with van der Waals surface area (Å²) in [4.78, 5) is 6.19. The highest BCUT2D eigenvalue weighted by molar-refractivity contribution is 7.13. The number of halogens is 1. The molecule has 2 heterocycles. The van der Waals surface area contributed by atoms with E-state index in [1.807, 2.05) is 47.8 Å². The molecule has 0 spiro atoms. The van der Waals surface area contributed by atoms with Crippen LogP contribution in [0.15, 0.2) is 60.0 Å². The molecule has 4 rings (SSSR count). The zero-order chi connectivity index (χ0) is 16.4. The van der Waals surface area contributed by atoms with E-state index >= 15 is 0 Å². The number of hydrogen-bond acceptors (Lipinski definition) is 5. The molecule has 5 nitrogen and oxygen atoms in total. The molecular formula is C17H12ClN5S. The van der Waals surface area contributed by atoms with Crippen LogP contribution in [0.4, 0.5) is 0 Å².